The Morgan fingerprint density at radius 1 is 0.964 bits per heavy atom. The molecule has 0 bridgehead atoms. The van der Waals surface area contributed by atoms with E-state index in [1.807, 2.05) is 56.3 Å². The van der Waals surface area contributed by atoms with Gasteiger partial charge in [-0.1, -0.05) is 6.07 Å². The predicted octanol–water partition coefficient (Wildman–Crippen LogP) is 4.06. The van der Waals surface area contributed by atoms with Crippen molar-refractivity contribution in [2.75, 3.05) is 21.3 Å². The van der Waals surface area contributed by atoms with Gasteiger partial charge in [0.15, 0.2) is 11.5 Å². The highest BCUT2D eigenvalue weighted by Gasteiger charge is 2.17. The van der Waals surface area contributed by atoms with Crippen molar-refractivity contribution in [2.24, 2.45) is 0 Å². The SMILES string of the molecule is COc1ccc2nc(C)c(C(=O)N[C@@H](C)c3ccc(OC)c(OC)c3)cc2c1. The molecule has 3 aromatic rings. The van der Waals surface area contributed by atoms with E-state index in [0.29, 0.717) is 22.8 Å². The van der Waals surface area contributed by atoms with E-state index in [2.05, 4.69) is 10.3 Å². The summed E-state index contributed by atoms with van der Waals surface area (Å²) >= 11 is 0. The summed E-state index contributed by atoms with van der Waals surface area (Å²) in [7, 11) is 4.79. The van der Waals surface area contributed by atoms with Gasteiger partial charge in [0.2, 0.25) is 0 Å². The lowest BCUT2D eigenvalue weighted by Crippen LogP contribution is -2.27. The zero-order valence-electron chi connectivity index (χ0n) is 16.7. The van der Waals surface area contributed by atoms with E-state index in [1.165, 1.54) is 0 Å². The van der Waals surface area contributed by atoms with Gasteiger partial charge in [0.05, 0.1) is 44.1 Å². The number of fused-ring (bicyclic) bond motifs is 1. The van der Waals surface area contributed by atoms with Gasteiger partial charge < -0.3 is 19.5 Å². The smallest absolute Gasteiger partial charge is 0.253 e. The standard InChI is InChI=1S/C22H24N2O4/c1-13(15-6-9-20(27-4)21(12-15)28-5)24-22(25)18-11-16-10-17(26-3)7-8-19(16)23-14(18)2/h6-13H,1-5H3,(H,24,25)/t13-/m0/s1. The van der Waals surface area contributed by atoms with Gasteiger partial charge in [-0.25, -0.2) is 0 Å². The van der Waals surface area contributed by atoms with Crippen LogP contribution in [0.5, 0.6) is 17.2 Å². The first-order valence-corrected chi connectivity index (χ1v) is 8.95. The lowest BCUT2D eigenvalue weighted by Gasteiger charge is -2.17. The van der Waals surface area contributed by atoms with Gasteiger partial charge in [0.25, 0.3) is 5.91 Å². The second-order valence-corrected chi connectivity index (χ2v) is 6.49. The number of carbonyl (C=O) groups excluding carboxylic acids is 1. The largest absolute Gasteiger partial charge is 0.497 e. The molecule has 2 aromatic carbocycles. The van der Waals surface area contributed by atoms with E-state index < -0.39 is 0 Å². The molecular formula is C22H24N2O4. The van der Waals surface area contributed by atoms with Gasteiger partial charge in [0.1, 0.15) is 5.75 Å². The zero-order chi connectivity index (χ0) is 20.3. The summed E-state index contributed by atoms with van der Waals surface area (Å²) in [5, 5.41) is 3.88. The molecule has 1 aromatic heterocycles. The lowest BCUT2D eigenvalue weighted by atomic mass is 10.1. The van der Waals surface area contributed by atoms with Crippen molar-refractivity contribution in [2.45, 2.75) is 19.9 Å². The van der Waals surface area contributed by atoms with Gasteiger partial charge in [-0.2, -0.15) is 0 Å². The Morgan fingerprint density at radius 2 is 1.71 bits per heavy atom. The van der Waals surface area contributed by atoms with Crippen LogP contribution in [0.15, 0.2) is 42.5 Å². The number of methoxy groups -OCH3 is 3. The molecule has 0 saturated heterocycles. The third-order valence-electron chi connectivity index (χ3n) is 4.71. The normalized spacial score (nSPS) is 11.8. The van der Waals surface area contributed by atoms with Crippen molar-refractivity contribution in [3.8, 4) is 17.2 Å². The molecule has 0 spiro atoms. The molecule has 0 unspecified atom stereocenters. The number of nitrogens with one attached hydrogen (secondary N) is 1. The Balaban J connectivity index is 1.86. The Labute approximate surface area is 164 Å². The average molecular weight is 380 g/mol. The molecular weight excluding hydrogens is 356 g/mol. The Bertz CT molecular complexity index is 1020. The van der Waals surface area contributed by atoms with Gasteiger partial charge in [-0.3, -0.25) is 9.78 Å². The number of pyridine rings is 1. The van der Waals surface area contributed by atoms with Gasteiger partial charge >= 0.3 is 0 Å². The Hall–Kier alpha value is -3.28. The highest BCUT2D eigenvalue weighted by Crippen LogP contribution is 2.30. The molecule has 146 valence electrons. The molecule has 0 aliphatic carbocycles. The number of rotatable bonds is 6. The van der Waals surface area contributed by atoms with E-state index in [-0.39, 0.29) is 11.9 Å². The highest BCUT2D eigenvalue weighted by atomic mass is 16.5. The topological polar surface area (TPSA) is 69.7 Å². The predicted molar refractivity (Wildman–Crippen MR) is 108 cm³/mol. The molecule has 1 heterocycles. The summed E-state index contributed by atoms with van der Waals surface area (Å²) < 4.78 is 15.9. The van der Waals surface area contributed by atoms with Crippen LogP contribution in [0.4, 0.5) is 0 Å². The third kappa shape index (κ3) is 3.86. The fraction of sp³-hybridized carbons (Fsp3) is 0.273. The number of ether oxygens (including phenoxy) is 3. The summed E-state index contributed by atoms with van der Waals surface area (Å²) in [5.41, 5.74) is 2.95. The molecule has 1 amide bonds. The minimum Gasteiger partial charge on any atom is -0.497 e. The molecule has 0 fully saturated rings. The number of amides is 1. The van der Waals surface area contributed by atoms with Crippen molar-refractivity contribution in [3.63, 3.8) is 0 Å². The van der Waals surface area contributed by atoms with Gasteiger partial charge in [-0.15, -0.1) is 0 Å². The van der Waals surface area contributed by atoms with E-state index in [1.54, 1.807) is 21.3 Å². The summed E-state index contributed by atoms with van der Waals surface area (Å²) in [6.07, 6.45) is 0. The molecule has 1 atom stereocenters. The van der Waals surface area contributed by atoms with Crippen LogP contribution >= 0.6 is 0 Å². The molecule has 6 nitrogen and oxygen atoms in total. The van der Waals surface area contributed by atoms with Crippen LogP contribution in [-0.4, -0.2) is 32.2 Å². The van der Waals surface area contributed by atoms with Crippen molar-refractivity contribution < 1.29 is 19.0 Å². The van der Waals surface area contributed by atoms with Gasteiger partial charge in [0, 0.05) is 5.39 Å². The molecule has 0 saturated carbocycles. The average Bonchev–Trinajstić information content (AvgIpc) is 2.72. The lowest BCUT2D eigenvalue weighted by molar-refractivity contribution is 0.0939. The van der Waals surface area contributed by atoms with Crippen LogP contribution in [0.3, 0.4) is 0 Å². The fourth-order valence-electron chi connectivity index (χ4n) is 3.09. The molecule has 3 rings (SSSR count). The maximum absolute atomic E-state index is 12.9. The highest BCUT2D eigenvalue weighted by molar-refractivity contribution is 5.99. The van der Waals surface area contributed by atoms with Gasteiger partial charge in [-0.05, 0) is 55.8 Å². The van der Waals surface area contributed by atoms with Crippen LogP contribution in [0.1, 0.15) is 34.6 Å². The van der Waals surface area contributed by atoms with Crippen LogP contribution < -0.4 is 19.5 Å². The number of aromatic nitrogens is 1. The van der Waals surface area contributed by atoms with E-state index in [0.717, 1.165) is 22.2 Å². The van der Waals surface area contributed by atoms with Crippen LogP contribution in [0.2, 0.25) is 0 Å². The molecule has 0 aliphatic heterocycles. The summed E-state index contributed by atoms with van der Waals surface area (Å²) in [4.78, 5) is 17.4. The fourth-order valence-corrected chi connectivity index (χ4v) is 3.09. The molecule has 0 radical (unpaired) electrons. The third-order valence-corrected chi connectivity index (χ3v) is 4.71. The number of carbonyl (C=O) groups is 1. The number of nitrogens with zero attached hydrogens (tertiary/aromatic N) is 1. The summed E-state index contributed by atoms with van der Waals surface area (Å²) in [5.74, 6) is 1.81. The summed E-state index contributed by atoms with van der Waals surface area (Å²) in [6, 6.07) is 12.8. The maximum atomic E-state index is 12.9. The number of benzene rings is 2. The van der Waals surface area contributed by atoms with Crippen molar-refractivity contribution in [1.29, 1.82) is 0 Å². The Kier molecular flexibility index (Phi) is 5.68. The number of hydrogen-bond donors (Lipinski definition) is 1. The van der Waals surface area contributed by atoms with Crippen molar-refractivity contribution in [1.82, 2.24) is 10.3 Å². The van der Waals surface area contributed by atoms with E-state index in [9.17, 15) is 4.79 Å². The first-order valence-electron chi connectivity index (χ1n) is 8.95. The van der Waals surface area contributed by atoms with Crippen LogP contribution in [0.25, 0.3) is 10.9 Å². The minimum atomic E-state index is -0.215. The van der Waals surface area contributed by atoms with Crippen molar-refractivity contribution in [3.05, 3.63) is 59.3 Å². The molecule has 6 heteroatoms. The molecule has 0 aliphatic rings. The second kappa shape index (κ2) is 8.17. The zero-order valence-corrected chi connectivity index (χ0v) is 16.7. The van der Waals surface area contributed by atoms with Crippen molar-refractivity contribution >= 4 is 16.8 Å². The first kappa shape index (κ1) is 19.5. The minimum absolute atomic E-state index is 0.183. The van der Waals surface area contributed by atoms with E-state index >= 15 is 0 Å². The molecule has 28 heavy (non-hydrogen) atoms. The summed E-state index contributed by atoms with van der Waals surface area (Å²) in [6.45, 7) is 3.76. The Morgan fingerprint density at radius 3 is 2.39 bits per heavy atom. The van der Waals surface area contributed by atoms with Crippen LogP contribution in [0, 0.1) is 6.92 Å². The van der Waals surface area contributed by atoms with E-state index in [4.69, 9.17) is 14.2 Å². The quantitative estimate of drug-likeness (QED) is 0.698. The maximum Gasteiger partial charge on any atom is 0.253 e. The van der Waals surface area contributed by atoms with Crippen LogP contribution in [-0.2, 0) is 0 Å². The number of aryl methyl sites for hydroxylation is 1. The monoisotopic (exact) mass is 380 g/mol. The molecule has 1 N–H and O–H groups in total. The first-order chi connectivity index (χ1) is 13.5. The second-order valence-electron chi connectivity index (χ2n) is 6.49. The number of hydrogen-bond acceptors (Lipinski definition) is 5.